The fourth-order valence-electron chi connectivity index (χ4n) is 1.98. The molecule has 4 heteroatoms. The van der Waals surface area contributed by atoms with Gasteiger partial charge in [0, 0.05) is 11.7 Å². The smallest absolute Gasteiger partial charge is 0.223 e. The van der Waals surface area contributed by atoms with Gasteiger partial charge in [0.1, 0.15) is 5.75 Å². The minimum absolute atomic E-state index is 0.0725. The van der Waals surface area contributed by atoms with E-state index < -0.39 is 0 Å². The number of anilines is 1. The van der Waals surface area contributed by atoms with Crippen LogP contribution in [0.2, 0.25) is 0 Å². The van der Waals surface area contributed by atoms with Crippen LogP contribution in [0.25, 0.3) is 0 Å². The largest absolute Gasteiger partial charge is 0.493 e. The molecule has 0 heterocycles. The number of nitrogens with one attached hydrogen (secondary N) is 1. The summed E-state index contributed by atoms with van der Waals surface area (Å²) in [5.74, 6) is 0.909. The molecule has 3 N–H and O–H groups in total. The number of nitrogens with two attached hydrogens (primary N) is 1. The first-order valence-corrected chi connectivity index (χ1v) is 6.35. The van der Waals surface area contributed by atoms with Crippen LogP contribution in [0, 0.1) is 13.8 Å². The van der Waals surface area contributed by atoms with E-state index in [2.05, 4.69) is 5.32 Å². The highest BCUT2D eigenvalue weighted by atomic mass is 16.5. The van der Waals surface area contributed by atoms with E-state index in [0.717, 1.165) is 35.4 Å². The molecule has 1 fully saturated rings. The fraction of sp³-hybridized carbons (Fsp3) is 0.500. The zero-order chi connectivity index (χ0) is 13.1. The Labute approximate surface area is 108 Å². The number of nitrogen functional groups attached to an aromatic ring is 1. The normalized spacial score (nSPS) is 14.3. The van der Waals surface area contributed by atoms with Gasteiger partial charge in [-0.3, -0.25) is 4.79 Å². The molecule has 1 aromatic rings. The van der Waals surface area contributed by atoms with Crippen molar-refractivity contribution in [1.82, 2.24) is 5.32 Å². The average molecular weight is 248 g/mol. The third-order valence-electron chi connectivity index (χ3n) is 3.00. The summed E-state index contributed by atoms with van der Waals surface area (Å²) in [5.41, 5.74) is 8.51. The van der Waals surface area contributed by atoms with E-state index in [0.29, 0.717) is 19.1 Å². The summed E-state index contributed by atoms with van der Waals surface area (Å²) < 4.78 is 5.68. The fourth-order valence-corrected chi connectivity index (χ4v) is 1.98. The molecule has 0 saturated heterocycles. The van der Waals surface area contributed by atoms with E-state index in [1.807, 2.05) is 26.0 Å². The molecule has 0 bridgehead atoms. The molecule has 0 spiro atoms. The van der Waals surface area contributed by atoms with Crippen LogP contribution in [0.4, 0.5) is 5.69 Å². The lowest BCUT2D eigenvalue weighted by molar-refractivity contribution is -0.121. The van der Waals surface area contributed by atoms with E-state index >= 15 is 0 Å². The Hall–Kier alpha value is -1.71. The number of amides is 1. The van der Waals surface area contributed by atoms with Crippen LogP contribution in [-0.4, -0.2) is 18.6 Å². The topological polar surface area (TPSA) is 64.3 Å². The first-order valence-electron chi connectivity index (χ1n) is 6.35. The maximum absolute atomic E-state index is 11.5. The molecule has 2 rings (SSSR count). The lowest BCUT2D eigenvalue weighted by atomic mass is 10.1. The van der Waals surface area contributed by atoms with E-state index in [1.54, 1.807) is 0 Å². The van der Waals surface area contributed by atoms with Crippen LogP contribution in [-0.2, 0) is 4.79 Å². The highest BCUT2D eigenvalue weighted by molar-refractivity contribution is 5.76. The van der Waals surface area contributed by atoms with Crippen LogP contribution < -0.4 is 15.8 Å². The highest BCUT2D eigenvalue weighted by Gasteiger charge is 2.22. The molecule has 98 valence electrons. The summed E-state index contributed by atoms with van der Waals surface area (Å²) in [6.45, 7) is 4.33. The van der Waals surface area contributed by atoms with Crippen LogP contribution in [0.3, 0.4) is 0 Å². The number of ether oxygens (including phenoxy) is 1. The van der Waals surface area contributed by atoms with Crippen molar-refractivity contribution < 1.29 is 9.53 Å². The van der Waals surface area contributed by atoms with E-state index in [-0.39, 0.29) is 5.91 Å². The Morgan fingerprint density at radius 2 is 2.00 bits per heavy atom. The number of benzene rings is 1. The van der Waals surface area contributed by atoms with E-state index in [4.69, 9.17) is 10.5 Å². The van der Waals surface area contributed by atoms with Crippen molar-refractivity contribution >= 4 is 11.6 Å². The molecule has 0 radical (unpaired) electrons. The summed E-state index contributed by atoms with van der Waals surface area (Å²) in [7, 11) is 0. The summed E-state index contributed by atoms with van der Waals surface area (Å²) in [5, 5.41) is 2.94. The number of hydrogen-bond donors (Lipinski definition) is 2. The molecule has 1 saturated carbocycles. The van der Waals surface area contributed by atoms with Crippen molar-refractivity contribution in [1.29, 1.82) is 0 Å². The maximum Gasteiger partial charge on any atom is 0.223 e. The van der Waals surface area contributed by atoms with Gasteiger partial charge < -0.3 is 15.8 Å². The second kappa shape index (κ2) is 5.29. The SMILES string of the molecule is Cc1cc(N)cc(C)c1OCCC(=O)NC1CC1. The van der Waals surface area contributed by atoms with Gasteiger partial charge in [-0.15, -0.1) is 0 Å². The van der Waals surface area contributed by atoms with Gasteiger partial charge in [0.15, 0.2) is 0 Å². The van der Waals surface area contributed by atoms with Crippen molar-refractivity contribution in [2.75, 3.05) is 12.3 Å². The van der Waals surface area contributed by atoms with Gasteiger partial charge in [-0.25, -0.2) is 0 Å². The van der Waals surface area contributed by atoms with Crippen molar-refractivity contribution in [2.45, 2.75) is 39.2 Å². The third kappa shape index (κ3) is 3.39. The Kier molecular flexibility index (Phi) is 3.75. The summed E-state index contributed by atoms with van der Waals surface area (Å²) in [6, 6.07) is 4.18. The molecule has 0 unspecified atom stereocenters. The van der Waals surface area contributed by atoms with Crippen molar-refractivity contribution in [2.24, 2.45) is 0 Å². The zero-order valence-corrected chi connectivity index (χ0v) is 11.0. The minimum atomic E-state index is 0.0725. The van der Waals surface area contributed by atoms with Crippen molar-refractivity contribution in [3.63, 3.8) is 0 Å². The molecule has 1 aliphatic carbocycles. The van der Waals surface area contributed by atoms with Gasteiger partial charge in [0.25, 0.3) is 0 Å². The van der Waals surface area contributed by atoms with Gasteiger partial charge >= 0.3 is 0 Å². The predicted octanol–water partition coefficient (Wildman–Crippen LogP) is 1.93. The van der Waals surface area contributed by atoms with Gasteiger partial charge in [0.05, 0.1) is 13.0 Å². The number of carbonyl (C=O) groups excluding carboxylic acids is 1. The van der Waals surface area contributed by atoms with Crippen LogP contribution >= 0.6 is 0 Å². The van der Waals surface area contributed by atoms with E-state index in [1.165, 1.54) is 0 Å². The van der Waals surface area contributed by atoms with Crippen LogP contribution in [0.5, 0.6) is 5.75 Å². The van der Waals surface area contributed by atoms with Crippen molar-refractivity contribution in [3.05, 3.63) is 23.3 Å². The first-order chi connectivity index (χ1) is 8.56. The van der Waals surface area contributed by atoms with Crippen molar-refractivity contribution in [3.8, 4) is 5.75 Å². The molecular formula is C14H20N2O2. The second-order valence-electron chi connectivity index (χ2n) is 4.92. The van der Waals surface area contributed by atoms with Crippen LogP contribution in [0.1, 0.15) is 30.4 Å². The Bertz CT molecular complexity index is 430. The molecule has 1 aliphatic rings. The maximum atomic E-state index is 11.5. The molecule has 4 nitrogen and oxygen atoms in total. The Balaban J connectivity index is 1.84. The molecule has 1 aromatic carbocycles. The number of aryl methyl sites for hydroxylation is 2. The summed E-state index contributed by atoms with van der Waals surface area (Å²) in [6.07, 6.45) is 2.63. The zero-order valence-electron chi connectivity index (χ0n) is 11.0. The van der Waals surface area contributed by atoms with E-state index in [9.17, 15) is 4.79 Å². The predicted molar refractivity (Wildman–Crippen MR) is 71.6 cm³/mol. The van der Waals surface area contributed by atoms with Gasteiger partial charge in [-0.1, -0.05) is 0 Å². The molecule has 0 atom stereocenters. The minimum Gasteiger partial charge on any atom is -0.493 e. The molecular weight excluding hydrogens is 228 g/mol. The molecule has 0 aliphatic heterocycles. The Morgan fingerprint density at radius 3 is 2.56 bits per heavy atom. The number of carbonyl (C=O) groups is 1. The summed E-state index contributed by atoms with van der Waals surface area (Å²) in [4.78, 5) is 11.5. The molecule has 18 heavy (non-hydrogen) atoms. The highest BCUT2D eigenvalue weighted by Crippen LogP contribution is 2.26. The third-order valence-corrected chi connectivity index (χ3v) is 3.00. The standard InChI is InChI=1S/C14H20N2O2/c1-9-7-11(15)8-10(2)14(9)18-6-5-13(17)16-12-3-4-12/h7-8,12H,3-6,15H2,1-2H3,(H,16,17). The summed E-state index contributed by atoms with van der Waals surface area (Å²) >= 11 is 0. The van der Waals surface area contributed by atoms with Crippen LogP contribution in [0.15, 0.2) is 12.1 Å². The number of hydrogen-bond acceptors (Lipinski definition) is 3. The molecule has 0 aromatic heterocycles. The molecule has 1 amide bonds. The lowest BCUT2D eigenvalue weighted by Gasteiger charge is -2.12. The lowest BCUT2D eigenvalue weighted by Crippen LogP contribution is -2.26. The quantitative estimate of drug-likeness (QED) is 0.783. The number of rotatable bonds is 5. The van der Waals surface area contributed by atoms with Gasteiger partial charge in [-0.05, 0) is 49.9 Å². The van der Waals surface area contributed by atoms with Gasteiger partial charge in [0.2, 0.25) is 5.91 Å². The second-order valence-corrected chi connectivity index (χ2v) is 4.92. The average Bonchev–Trinajstić information content (AvgIpc) is 3.05. The Morgan fingerprint density at radius 1 is 1.39 bits per heavy atom. The van der Waals surface area contributed by atoms with Gasteiger partial charge in [-0.2, -0.15) is 0 Å². The first kappa shape index (κ1) is 12.7. The monoisotopic (exact) mass is 248 g/mol.